The molecule has 160 valence electrons. The monoisotopic (exact) mass is 398 g/mol. The molecule has 2 N–H and O–H groups in total. The third-order valence-corrected chi connectivity index (χ3v) is 6.65. The van der Waals surface area contributed by atoms with Crippen LogP contribution in [0.15, 0.2) is 36.4 Å². The highest BCUT2D eigenvalue weighted by Crippen LogP contribution is 2.51. The second kappa shape index (κ2) is 9.01. The Morgan fingerprint density at radius 1 is 1.21 bits per heavy atom. The van der Waals surface area contributed by atoms with Crippen LogP contribution in [0.3, 0.4) is 0 Å². The first kappa shape index (κ1) is 22.0. The van der Waals surface area contributed by atoms with E-state index >= 15 is 0 Å². The van der Waals surface area contributed by atoms with Gasteiger partial charge in [-0.05, 0) is 62.8 Å². The molecule has 0 radical (unpaired) electrons. The van der Waals surface area contributed by atoms with Crippen LogP contribution in [-0.4, -0.2) is 48.2 Å². The van der Waals surface area contributed by atoms with Crippen LogP contribution in [0.1, 0.15) is 58.4 Å². The summed E-state index contributed by atoms with van der Waals surface area (Å²) in [7, 11) is 2.11. The van der Waals surface area contributed by atoms with Gasteiger partial charge < -0.3 is 15.3 Å². The Hall–Kier alpha value is -1.65. The number of hydrogen-bond acceptors (Lipinski definition) is 3. The first-order valence-electron chi connectivity index (χ1n) is 11.2. The average Bonchev–Trinajstić information content (AvgIpc) is 2.70. The largest absolute Gasteiger partial charge is 0.389 e. The number of carbonyl (C=O) groups is 1. The molecular formula is C25H38N2O2. The molecule has 4 rings (SSSR count). The molecule has 3 atom stereocenters. The molecule has 1 saturated carbocycles. The number of nitrogens with zero attached hydrogens (tertiary/aromatic N) is 1. The summed E-state index contributed by atoms with van der Waals surface area (Å²) >= 11 is 0. The van der Waals surface area contributed by atoms with E-state index in [-0.39, 0.29) is 17.2 Å². The molecule has 0 aliphatic heterocycles. The molecular weight excluding hydrogens is 360 g/mol. The van der Waals surface area contributed by atoms with E-state index in [0.29, 0.717) is 12.5 Å². The normalized spacial score (nSPS) is 26.5. The minimum absolute atomic E-state index is 0.105. The van der Waals surface area contributed by atoms with Gasteiger partial charge >= 0.3 is 0 Å². The molecule has 4 nitrogen and oxygen atoms in total. The van der Waals surface area contributed by atoms with Crippen LogP contribution in [0.2, 0.25) is 0 Å². The van der Waals surface area contributed by atoms with Crippen LogP contribution in [0.4, 0.5) is 0 Å². The van der Waals surface area contributed by atoms with Crippen LogP contribution in [0, 0.1) is 17.3 Å². The smallest absolute Gasteiger partial charge is 0.225 e. The summed E-state index contributed by atoms with van der Waals surface area (Å²) in [5.74, 6) is 0.848. The fraction of sp³-hybridized carbons (Fsp3) is 0.640. The lowest BCUT2D eigenvalue weighted by molar-refractivity contribution is -0.128. The van der Waals surface area contributed by atoms with Gasteiger partial charge in [-0.25, -0.2) is 0 Å². The maximum atomic E-state index is 11.9. The van der Waals surface area contributed by atoms with Gasteiger partial charge in [-0.15, -0.1) is 0 Å². The SMILES string of the molecule is CN(CCCNC(=O)C(C)(C)C)CC[C@@]1(O)C[C@@H]2CC[C@H]1C=C2c1ccccc1. The van der Waals surface area contributed by atoms with Crippen molar-refractivity contribution in [2.24, 2.45) is 17.3 Å². The Balaban J connectivity index is 1.46. The van der Waals surface area contributed by atoms with Gasteiger partial charge in [0.05, 0.1) is 5.60 Å². The molecule has 3 aliphatic rings. The van der Waals surface area contributed by atoms with Crippen molar-refractivity contribution in [3.05, 3.63) is 42.0 Å². The van der Waals surface area contributed by atoms with E-state index in [1.807, 2.05) is 20.8 Å². The molecule has 0 aromatic heterocycles. The second-order valence-corrected chi connectivity index (χ2v) is 10.1. The Kier molecular flexibility index (Phi) is 6.85. The number of allylic oxidation sites excluding steroid dienone is 1. The van der Waals surface area contributed by atoms with Crippen molar-refractivity contribution in [1.82, 2.24) is 10.2 Å². The van der Waals surface area contributed by atoms with Crippen molar-refractivity contribution in [1.29, 1.82) is 0 Å². The van der Waals surface area contributed by atoms with Crippen LogP contribution in [-0.2, 0) is 4.79 Å². The highest BCUT2D eigenvalue weighted by molar-refractivity contribution is 5.81. The van der Waals surface area contributed by atoms with E-state index in [0.717, 1.165) is 38.8 Å². The predicted octanol–water partition coefficient (Wildman–Crippen LogP) is 4.11. The summed E-state index contributed by atoms with van der Waals surface area (Å²) in [6.07, 6.45) is 7.28. The van der Waals surface area contributed by atoms with Gasteiger partial charge in [0, 0.05) is 24.4 Å². The number of carbonyl (C=O) groups excluding carboxylic acids is 1. The quantitative estimate of drug-likeness (QED) is 0.648. The summed E-state index contributed by atoms with van der Waals surface area (Å²) in [6, 6.07) is 10.6. The van der Waals surface area contributed by atoms with E-state index in [1.54, 1.807) is 0 Å². The highest BCUT2D eigenvalue weighted by Gasteiger charge is 2.46. The van der Waals surface area contributed by atoms with E-state index in [9.17, 15) is 9.90 Å². The minimum atomic E-state index is -0.574. The topological polar surface area (TPSA) is 52.6 Å². The first-order chi connectivity index (χ1) is 13.7. The fourth-order valence-electron chi connectivity index (χ4n) is 4.75. The Morgan fingerprint density at radius 2 is 1.93 bits per heavy atom. The fourth-order valence-corrected chi connectivity index (χ4v) is 4.75. The lowest BCUT2D eigenvalue weighted by Gasteiger charge is -2.48. The van der Waals surface area contributed by atoms with E-state index in [1.165, 1.54) is 17.6 Å². The molecule has 0 saturated heterocycles. The maximum Gasteiger partial charge on any atom is 0.225 e. The lowest BCUT2D eigenvalue weighted by Crippen LogP contribution is -2.48. The summed E-state index contributed by atoms with van der Waals surface area (Å²) in [4.78, 5) is 14.2. The van der Waals surface area contributed by atoms with Gasteiger partial charge in [0.25, 0.3) is 0 Å². The number of rotatable bonds is 8. The van der Waals surface area contributed by atoms with E-state index in [4.69, 9.17) is 0 Å². The molecule has 0 spiro atoms. The van der Waals surface area contributed by atoms with Gasteiger partial charge in [0.2, 0.25) is 5.91 Å². The molecule has 1 aromatic carbocycles. The molecule has 29 heavy (non-hydrogen) atoms. The number of benzene rings is 1. The van der Waals surface area contributed by atoms with E-state index in [2.05, 4.69) is 53.7 Å². The third kappa shape index (κ3) is 5.49. The van der Waals surface area contributed by atoms with Gasteiger partial charge in [0.1, 0.15) is 0 Å². The summed E-state index contributed by atoms with van der Waals surface area (Å²) < 4.78 is 0. The molecule has 1 fully saturated rings. The van der Waals surface area contributed by atoms with Gasteiger partial charge in [-0.2, -0.15) is 0 Å². The standard InChI is InChI=1S/C25H38N2O2/c1-24(2,3)23(28)26-14-8-15-27(4)16-13-25(29)18-20-11-12-21(25)17-22(20)19-9-6-5-7-10-19/h5-7,9-10,17,20-21,29H,8,11-16,18H2,1-4H3,(H,26,28)/t20-,21-,25+/m0/s1. The number of nitrogens with one attached hydrogen (secondary N) is 1. The molecule has 0 heterocycles. The summed E-state index contributed by atoms with van der Waals surface area (Å²) in [5.41, 5.74) is 1.85. The number of aliphatic hydroxyl groups is 1. The Morgan fingerprint density at radius 3 is 2.55 bits per heavy atom. The molecule has 1 amide bonds. The van der Waals surface area contributed by atoms with Crippen LogP contribution in [0.5, 0.6) is 0 Å². The first-order valence-corrected chi connectivity index (χ1v) is 11.2. The van der Waals surface area contributed by atoms with Crippen LogP contribution in [0.25, 0.3) is 5.57 Å². The molecule has 1 aromatic rings. The van der Waals surface area contributed by atoms with Gasteiger partial charge in [-0.1, -0.05) is 57.2 Å². The summed E-state index contributed by atoms with van der Waals surface area (Å²) in [6.45, 7) is 8.33. The molecule has 3 aliphatic carbocycles. The van der Waals surface area contributed by atoms with Crippen molar-refractivity contribution >= 4 is 11.5 Å². The van der Waals surface area contributed by atoms with Crippen molar-refractivity contribution in [2.45, 2.75) is 58.5 Å². The predicted molar refractivity (Wildman–Crippen MR) is 119 cm³/mol. The lowest BCUT2D eigenvalue weighted by atomic mass is 9.61. The van der Waals surface area contributed by atoms with Gasteiger partial charge in [-0.3, -0.25) is 4.79 Å². The van der Waals surface area contributed by atoms with Gasteiger partial charge in [0.15, 0.2) is 0 Å². The molecule has 0 unspecified atom stereocenters. The Labute approximate surface area is 176 Å². The minimum Gasteiger partial charge on any atom is -0.389 e. The van der Waals surface area contributed by atoms with Crippen molar-refractivity contribution < 1.29 is 9.90 Å². The average molecular weight is 399 g/mol. The molecule has 2 bridgehead atoms. The van der Waals surface area contributed by atoms with Crippen LogP contribution < -0.4 is 5.32 Å². The van der Waals surface area contributed by atoms with Crippen molar-refractivity contribution in [2.75, 3.05) is 26.7 Å². The number of hydrogen-bond donors (Lipinski definition) is 2. The van der Waals surface area contributed by atoms with Crippen LogP contribution >= 0.6 is 0 Å². The zero-order valence-electron chi connectivity index (χ0n) is 18.6. The number of amides is 1. The Bertz CT molecular complexity index is 722. The zero-order valence-corrected chi connectivity index (χ0v) is 18.6. The third-order valence-electron chi connectivity index (χ3n) is 6.65. The van der Waals surface area contributed by atoms with Crippen molar-refractivity contribution in [3.63, 3.8) is 0 Å². The van der Waals surface area contributed by atoms with E-state index < -0.39 is 5.60 Å². The summed E-state index contributed by atoms with van der Waals surface area (Å²) in [5, 5.41) is 14.4. The maximum absolute atomic E-state index is 11.9. The highest BCUT2D eigenvalue weighted by atomic mass is 16.3. The second-order valence-electron chi connectivity index (χ2n) is 10.1. The molecule has 4 heteroatoms. The number of fused-ring (bicyclic) bond motifs is 2. The zero-order chi connectivity index (χ0) is 21.1. The van der Waals surface area contributed by atoms with Crippen molar-refractivity contribution in [3.8, 4) is 0 Å².